The van der Waals surface area contributed by atoms with Crippen LogP contribution in [0.5, 0.6) is 17.2 Å². The zero-order valence-electron chi connectivity index (χ0n) is 18.3. The van der Waals surface area contributed by atoms with E-state index < -0.39 is 0 Å². The number of methoxy groups -OCH3 is 3. The van der Waals surface area contributed by atoms with Crippen molar-refractivity contribution in [2.45, 2.75) is 13.5 Å². The number of hydrogen-bond acceptors (Lipinski definition) is 4. The van der Waals surface area contributed by atoms with Crippen LogP contribution in [0.3, 0.4) is 0 Å². The Kier molecular flexibility index (Phi) is 5.94. The van der Waals surface area contributed by atoms with E-state index >= 15 is 0 Å². The molecule has 0 aliphatic carbocycles. The monoisotopic (exact) mass is 415 g/mol. The molecule has 2 N–H and O–H groups in total. The molecule has 5 heteroatoms. The predicted molar refractivity (Wildman–Crippen MR) is 124 cm³/mol. The molecule has 3 aromatic carbocycles. The van der Waals surface area contributed by atoms with Crippen LogP contribution in [-0.2, 0) is 6.54 Å². The Morgan fingerprint density at radius 3 is 2.26 bits per heavy atom. The van der Waals surface area contributed by atoms with Gasteiger partial charge in [0.15, 0.2) is 11.5 Å². The van der Waals surface area contributed by atoms with Gasteiger partial charge in [-0.1, -0.05) is 36.4 Å². The van der Waals surface area contributed by atoms with Gasteiger partial charge in [0, 0.05) is 10.9 Å². The maximum atomic E-state index is 5.51. The number of rotatable bonds is 7. The Hall–Kier alpha value is -3.73. The number of aryl methyl sites for hydroxylation is 1. The number of pyridine rings is 1. The van der Waals surface area contributed by atoms with Crippen molar-refractivity contribution in [1.29, 1.82) is 0 Å². The molecule has 0 saturated heterocycles. The summed E-state index contributed by atoms with van der Waals surface area (Å²) in [6, 6.07) is 22.5. The molecular weight excluding hydrogens is 388 g/mol. The molecule has 0 aliphatic heterocycles. The van der Waals surface area contributed by atoms with E-state index in [2.05, 4.69) is 53.6 Å². The van der Waals surface area contributed by atoms with Gasteiger partial charge in [0.25, 0.3) is 5.82 Å². The largest absolute Gasteiger partial charge is 0.497 e. The minimum Gasteiger partial charge on any atom is -0.497 e. The fourth-order valence-electron chi connectivity index (χ4n) is 3.89. The highest BCUT2D eigenvalue weighted by atomic mass is 16.5. The molecule has 0 saturated carbocycles. The molecule has 1 heterocycles. The number of hydrogen-bond donors (Lipinski definition) is 1. The van der Waals surface area contributed by atoms with Crippen LogP contribution in [0.1, 0.15) is 11.3 Å². The topological polar surface area (TPSA) is 53.9 Å². The Bertz CT molecular complexity index is 1210. The Labute approximate surface area is 182 Å². The van der Waals surface area contributed by atoms with E-state index in [0.29, 0.717) is 6.54 Å². The first-order valence-corrected chi connectivity index (χ1v) is 10.2. The van der Waals surface area contributed by atoms with Gasteiger partial charge in [-0.05, 0) is 48.4 Å². The average molecular weight is 416 g/mol. The van der Waals surface area contributed by atoms with E-state index in [1.54, 1.807) is 21.3 Å². The molecule has 0 spiro atoms. The van der Waals surface area contributed by atoms with Gasteiger partial charge in [-0.15, -0.1) is 0 Å². The number of aromatic nitrogens is 1. The van der Waals surface area contributed by atoms with Crippen LogP contribution in [0.2, 0.25) is 0 Å². The molecule has 5 nitrogen and oxygen atoms in total. The van der Waals surface area contributed by atoms with Crippen molar-refractivity contribution >= 4 is 16.6 Å². The summed E-state index contributed by atoms with van der Waals surface area (Å²) < 4.78 is 16.3. The summed E-state index contributed by atoms with van der Waals surface area (Å²) >= 11 is 0. The van der Waals surface area contributed by atoms with E-state index in [0.717, 1.165) is 45.1 Å². The highest BCUT2D eigenvalue weighted by Crippen LogP contribution is 2.35. The molecule has 0 amide bonds. The van der Waals surface area contributed by atoms with E-state index in [1.165, 1.54) is 11.1 Å². The van der Waals surface area contributed by atoms with E-state index in [1.807, 2.05) is 30.3 Å². The normalized spacial score (nSPS) is 10.7. The Balaban J connectivity index is 1.75. The quantitative estimate of drug-likeness (QED) is 0.447. The van der Waals surface area contributed by atoms with Gasteiger partial charge in [0.2, 0.25) is 0 Å². The van der Waals surface area contributed by atoms with Gasteiger partial charge >= 0.3 is 0 Å². The molecule has 0 atom stereocenters. The van der Waals surface area contributed by atoms with Crippen molar-refractivity contribution in [3.63, 3.8) is 0 Å². The molecule has 158 valence electrons. The van der Waals surface area contributed by atoms with Crippen molar-refractivity contribution in [2.24, 2.45) is 0 Å². The fraction of sp³-hybridized carbons (Fsp3) is 0.192. The summed E-state index contributed by atoms with van der Waals surface area (Å²) in [5.41, 5.74) is 4.52. The van der Waals surface area contributed by atoms with Crippen molar-refractivity contribution < 1.29 is 19.2 Å². The van der Waals surface area contributed by atoms with E-state index in [9.17, 15) is 0 Å². The third-order valence-corrected chi connectivity index (χ3v) is 5.43. The summed E-state index contributed by atoms with van der Waals surface area (Å²) in [5, 5.41) is 5.80. The van der Waals surface area contributed by atoms with Gasteiger partial charge < -0.3 is 14.2 Å². The summed E-state index contributed by atoms with van der Waals surface area (Å²) in [7, 11) is 4.99. The molecule has 0 unspecified atom stereocenters. The number of anilines is 1. The van der Waals surface area contributed by atoms with Crippen LogP contribution < -0.4 is 24.5 Å². The van der Waals surface area contributed by atoms with Crippen molar-refractivity contribution in [1.82, 2.24) is 0 Å². The zero-order valence-corrected chi connectivity index (χ0v) is 18.3. The molecule has 0 fully saturated rings. The molecule has 0 radical (unpaired) electrons. The van der Waals surface area contributed by atoms with Crippen LogP contribution in [0, 0.1) is 6.92 Å². The Morgan fingerprint density at radius 1 is 0.774 bits per heavy atom. The van der Waals surface area contributed by atoms with Crippen LogP contribution in [0.4, 0.5) is 5.82 Å². The summed E-state index contributed by atoms with van der Waals surface area (Å²) in [6.45, 7) is 2.74. The smallest absolute Gasteiger partial charge is 0.280 e. The number of benzene rings is 3. The number of aromatic amines is 1. The van der Waals surface area contributed by atoms with Crippen molar-refractivity contribution in [3.8, 4) is 28.4 Å². The lowest BCUT2D eigenvalue weighted by molar-refractivity contribution is -0.368. The first kappa shape index (κ1) is 20.5. The maximum Gasteiger partial charge on any atom is 0.280 e. The lowest BCUT2D eigenvalue weighted by atomic mass is 9.97. The molecule has 4 aromatic rings. The molecule has 31 heavy (non-hydrogen) atoms. The van der Waals surface area contributed by atoms with Crippen LogP contribution >= 0.6 is 0 Å². The zero-order chi connectivity index (χ0) is 21.8. The summed E-state index contributed by atoms with van der Waals surface area (Å²) in [6.07, 6.45) is 0. The molecular formula is C26H27N2O3+. The van der Waals surface area contributed by atoms with Crippen LogP contribution in [0.25, 0.3) is 21.9 Å². The second-order valence-corrected chi connectivity index (χ2v) is 7.32. The minimum atomic E-state index is 0.641. The van der Waals surface area contributed by atoms with Crippen molar-refractivity contribution in [2.75, 3.05) is 26.6 Å². The van der Waals surface area contributed by atoms with Crippen LogP contribution in [0.15, 0.2) is 66.7 Å². The van der Waals surface area contributed by atoms with Crippen molar-refractivity contribution in [3.05, 3.63) is 78.0 Å². The van der Waals surface area contributed by atoms with E-state index in [-0.39, 0.29) is 0 Å². The van der Waals surface area contributed by atoms with Gasteiger partial charge in [0.05, 0.1) is 26.7 Å². The second-order valence-electron chi connectivity index (χ2n) is 7.32. The number of nitrogens with one attached hydrogen (secondary N) is 2. The lowest BCUT2D eigenvalue weighted by Gasteiger charge is -2.13. The summed E-state index contributed by atoms with van der Waals surface area (Å²) in [5.74, 6) is 3.24. The van der Waals surface area contributed by atoms with Gasteiger partial charge in [-0.25, -0.2) is 4.98 Å². The fourth-order valence-corrected chi connectivity index (χ4v) is 3.89. The Morgan fingerprint density at radius 2 is 1.55 bits per heavy atom. The molecule has 4 rings (SSSR count). The highest BCUT2D eigenvalue weighted by Gasteiger charge is 2.18. The first-order valence-electron chi connectivity index (χ1n) is 10.2. The van der Waals surface area contributed by atoms with Crippen LogP contribution in [-0.4, -0.2) is 21.3 Å². The van der Waals surface area contributed by atoms with Gasteiger partial charge in [-0.2, -0.15) is 0 Å². The SMILES string of the molecule is COc1ccc2c(NCc3ccc(OC)c(OC)c3)[nH+]c(C)c(-c3ccccc3)c2c1. The molecule has 1 aromatic heterocycles. The lowest BCUT2D eigenvalue weighted by Crippen LogP contribution is -2.18. The summed E-state index contributed by atoms with van der Waals surface area (Å²) in [4.78, 5) is 3.57. The first-order chi connectivity index (χ1) is 15.1. The maximum absolute atomic E-state index is 5.51. The predicted octanol–water partition coefficient (Wildman–Crippen LogP) is 5.27. The number of fused-ring (bicyclic) bond motifs is 1. The second kappa shape index (κ2) is 8.96. The van der Waals surface area contributed by atoms with Gasteiger partial charge in [0.1, 0.15) is 18.0 Å². The number of H-pyrrole nitrogens is 1. The molecule has 0 bridgehead atoms. The van der Waals surface area contributed by atoms with Gasteiger partial charge in [-0.3, -0.25) is 5.32 Å². The molecule has 0 aliphatic rings. The van der Waals surface area contributed by atoms with E-state index in [4.69, 9.17) is 14.2 Å². The highest BCUT2D eigenvalue weighted by molar-refractivity contribution is 6.02. The minimum absolute atomic E-state index is 0.641. The average Bonchev–Trinajstić information content (AvgIpc) is 2.82. The third-order valence-electron chi connectivity index (χ3n) is 5.43. The third kappa shape index (κ3) is 4.12. The standard InChI is InChI=1S/C26H26N2O3/c1-17-25(19-8-6-5-7-9-19)22-15-20(29-2)11-12-21(22)26(28-17)27-16-18-10-13-23(30-3)24(14-18)31-4/h5-15H,16H2,1-4H3,(H,27,28)/p+1. The number of ether oxygens (including phenoxy) is 3.